The maximum atomic E-state index is 10.2. The number of thiophene rings is 1. The van der Waals surface area contributed by atoms with Crippen LogP contribution in [0.25, 0.3) is 0 Å². The Morgan fingerprint density at radius 1 is 1.16 bits per heavy atom. The number of guanidine groups is 1. The van der Waals surface area contributed by atoms with Crippen LogP contribution >= 0.6 is 35.3 Å². The Hall–Kier alpha value is -1.12. The molecule has 2 rings (SSSR count). The number of halogens is 1. The highest BCUT2D eigenvalue weighted by atomic mass is 127. The van der Waals surface area contributed by atoms with E-state index in [2.05, 4.69) is 40.1 Å². The summed E-state index contributed by atoms with van der Waals surface area (Å²) in [5, 5.41) is 18.9. The molecule has 6 heteroatoms. The van der Waals surface area contributed by atoms with Crippen molar-refractivity contribution in [3.63, 3.8) is 0 Å². The smallest absolute Gasteiger partial charge is 0.191 e. The summed E-state index contributed by atoms with van der Waals surface area (Å²) in [5.74, 6) is 1.19. The zero-order valence-electron chi connectivity index (χ0n) is 14.8. The van der Waals surface area contributed by atoms with Crippen LogP contribution in [0.2, 0.25) is 0 Å². The van der Waals surface area contributed by atoms with E-state index in [9.17, 15) is 5.11 Å². The van der Waals surface area contributed by atoms with Crippen LogP contribution in [-0.2, 0) is 6.42 Å². The molecule has 4 nitrogen and oxygen atoms in total. The van der Waals surface area contributed by atoms with E-state index in [1.807, 2.05) is 37.3 Å². The second-order valence-electron chi connectivity index (χ2n) is 5.86. The van der Waals surface area contributed by atoms with Crippen molar-refractivity contribution in [2.45, 2.75) is 32.3 Å². The molecule has 0 radical (unpaired) electrons. The maximum Gasteiger partial charge on any atom is 0.191 e. The van der Waals surface area contributed by atoms with E-state index >= 15 is 0 Å². The maximum absolute atomic E-state index is 10.2. The van der Waals surface area contributed by atoms with Gasteiger partial charge in [0.05, 0.1) is 12.6 Å². The third-order valence-electron chi connectivity index (χ3n) is 3.72. The Balaban J connectivity index is 0.00000312. The minimum atomic E-state index is -0.474. The van der Waals surface area contributed by atoms with Gasteiger partial charge in [0, 0.05) is 30.3 Å². The van der Waals surface area contributed by atoms with E-state index in [0.717, 1.165) is 24.6 Å². The summed E-state index contributed by atoms with van der Waals surface area (Å²) in [4.78, 5) is 5.87. The molecule has 0 aliphatic carbocycles. The van der Waals surface area contributed by atoms with Crippen LogP contribution in [-0.4, -0.2) is 36.8 Å². The number of aliphatic hydroxyl groups is 1. The summed E-state index contributed by atoms with van der Waals surface area (Å²) in [6.07, 6.45) is 0.146. The fourth-order valence-corrected chi connectivity index (χ4v) is 3.20. The minimum absolute atomic E-state index is 0. The van der Waals surface area contributed by atoms with Crippen molar-refractivity contribution >= 4 is 41.3 Å². The number of hydrogen-bond donors (Lipinski definition) is 3. The number of aliphatic hydroxyl groups excluding tert-OH is 1. The molecule has 0 fully saturated rings. The predicted molar refractivity (Wildman–Crippen MR) is 118 cm³/mol. The van der Waals surface area contributed by atoms with E-state index in [4.69, 9.17) is 0 Å². The lowest BCUT2D eigenvalue weighted by atomic mass is 10.1. The molecular weight excluding hydrogens is 445 g/mol. The standard InChI is InChI=1S/C19H27N3OS.HI/c1-3-20-19(21-13-15(2)18-10-7-11-24-18)22-14-17(23)12-16-8-5-4-6-9-16;/h4-11,15,17,23H,3,12-14H2,1-2H3,(H2,20,21,22);1H. The normalized spacial score (nSPS) is 13.6. The summed E-state index contributed by atoms with van der Waals surface area (Å²) in [7, 11) is 0. The van der Waals surface area contributed by atoms with Gasteiger partial charge in [-0.25, -0.2) is 0 Å². The molecule has 0 aliphatic rings. The van der Waals surface area contributed by atoms with Crippen LogP contribution in [0, 0.1) is 0 Å². The van der Waals surface area contributed by atoms with Crippen molar-refractivity contribution in [1.82, 2.24) is 10.6 Å². The fourth-order valence-electron chi connectivity index (χ4n) is 2.41. The first-order valence-corrected chi connectivity index (χ1v) is 9.34. The van der Waals surface area contributed by atoms with Crippen molar-refractivity contribution in [3.05, 3.63) is 58.3 Å². The van der Waals surface area contributed by atoms with Crippen LogP contribution in [0.5, 0.6) is 0 Å². The molecule has 2 atom stereocenters. The van der Waals surface area contributed by atoms with Crippen molar-refractivity contribution in [2.24, 2.45) is 4.99 Å². The van der Waals surface area contributed by atoms with Crippen molar-refractivity contribution in [2.75, 3.05) is 19.6 Å². The highest BCUT2D eigenvalue weighted by Gasteiger charge is 2.09. The van der Waals surface area contributed by atoms with Crippen molar-refractivity contribution in [3.8, 4) is 0 Å². The molecule has 2 unspecified atom stereocenters. The third-order valence-corrected chi connectivity index (χ3v) is 4.83. The van der Waals surface area contributed by atoms with Gasteiger partial charge < -0.3 is 15.7 Å². The number of nitrogens with one attached hydrogen (secondary N) is 2. The van der Waals surface area contributed by atoms with Crippen molar-refractivity contribution in [1.29, 1.82) is 0 Å². The lowest BCUT2D eigenvalue weighted by molar-refractivity contribution is 0.183. The molecule has 0 aliphatic heterocycles. The van der Waals surface area contributed by atoms with Gasteiger partial charge >= 0.3 is 0 Å². The predicted octanol–water partition coefficient (Wildman–Crippen LogP) is 3.63. The summed E-state index contributed by atoms with van der Waals surface area (Å²) in [5.41, 5.74) is 1.13. The SMILES string of the molecule is CCNC(=NCC(O)Cc1ccccc1)NCC(C)c1cccs1.I. The number of benzene rings is 1. The number of aliphatic imine (C=N–C) groups is 1. The monoisotopic (exact) mass is 473 g/mol. The Labute approximate surface area is 171 Å². The Morgan fingerprint density at radius 3 is 2.56 bits per heavy atom. The van der Waals surface area contributed by atoms with Gasteiger partial charge in [-0.3, -0.25) is 4.99 Å². The Kier molecular flexibility index (Phi) is 10.8. The van der Waals surface area contributed by atoms with Crippen LogP contribution in [0.15, 0.2) is 52.8 Å². The molecule has 0 spiro atoms. The molecule has 1 aromatic heterocycles. The highest BCUT2D eigenvalue weighted by Crippen LogP contribution is 2.19. The van der Waals surface area contributed by atoms with E-state index in [1.54, 1.807) is 11.3 Å². The molecule has 2 aromatic rings. The summed E-state index contributed by atoms with van der Waals surface area (Å²) >= 11 is 1.78. The van der Waals surface area contributed by atoms with Crippen LogP contribution < -0.4 is 10.6 Å². The molecule has 0 saturated carbocycles. The Bertz CT molecular complexity index is 604. The second-order valence-corrected chi connectivity index (χ2v) is 6.84. The van der Waals surface area contributed by atoms with Crippen molar-refractivity contribution < 1.29 is 5.11 Å². The quantitative estimate of drug-likeness (QED) is 0.312. The van der Waals surface area contributed by atoms with Gasteiger partial charge in [-0.2, -0.15) is 0 Å². The molecule has 25 heavy (non-hydrogen) atoms. The van der Waals surface area contributed by atoms with E-state index in [0.29, 0.717) is 18.9 Å². The van der Waals surface area contributed by atoms with Gasteiger partial charge in [0.1, 0.15) is 0 Å². The first-order chi connectivity index (χ1) is 11.7. The summed E-state index contributed by atoms with van der Waals surface area (Å²) in [6.45, 7) is 6.25. The third kappa shape index (κ3) is 8.20. The largest absolute Gasteiger partial charge is 0.391 e. The Morgan fingerprint density at radius 2 is 1.92 bits per heavy atom. The van der Waals surface area contributed by atoms with Crippen LogP contribution in [0.3, 0.4) is 0 Å². The summed E-state index contributed by atoms with van der Waals surface area (Å²) < 4.78 is 0. The van der Waals surface area contributed by atoms with Crippen LogP contribution in [0.4, 0.5) is 0 Å². The molecule has 138 valence electrons. The molecule has 0 saturated heterocycles. The molecule has 0 amide bonds. The molecule has 1 heterocycles. The summed E-state index contributed by atoms with van der Waals surface area (Å²) in [6, 6.07) is 14.3. The first-order valence-electron chi connectivity index (χ1n) is 8.46. The zero-order chi connectivity index (χ0) is 17.2. The minimum Gasteiger partial charge on any atom is -0.391 e. The number of rotatable bonds is 8. The van der Waals surface area contributed by atoms with Gasteiger partial charge in [0.15, 0.2) is 5.96 Å². The highest BCUT2D eigenvalue weighted by molar-refractivity contribution is 14.0. The fraction of sp³-hybridized carbons (Fsp3) is 0.421. The second kappa shape index (κ2) is 12.3. The topological polar surface area (TPSA) is 56.7 Å². The van der Waals surface area contributed by atoms with E-state index in [-0.39, 0.29) is 24.0 Å². The van der Waals surface area contributed by atoms with Crippen LogP contribution in [0.1, 0.15) is 30.2 Å². The van der Waals surface area contributed by atoms with Gasteiger partial charge in [0.2, 0.25) is 0 Å². The van der Waals surface area contributed by atoms with E-state index in [1.165, 1.54) is 4.88 Å². The average molecular weight is 473 g/mol. The number of nitrogens with zero attached hydrogens (tertiary/aromatic N) is 1. The average Bonchev–Trinajstić information content (AvgIpc) is 3.12. The lowest BCUT2D eigenvalue weighted by Crippen LogP contribution is -2.39. The zero-order valence-corrected chi connectivity index (χ0v) is 18.0. The molecule has 1 aromatic carbocycles. The van der Waals surface area contributed by atoms with Gasteiger partial charge in [-0.05, 0) is 23.9 Å². The molecule has 3 N–H and O–H groups in total. The van der Waals surface area contributed by atoms with Gasteiger partial charge in [0.25, 0.3) is 0 Å². The number of hydrogen-bond acceptors (Lipinski definition) is 3. The lowest BCUT2D eigenvalue weighted by Gasteiger charge is -2.16. The molecular formula is C19H28IN3OS. The van der Waals surface area contributed by atoms with Gasteiger partial charge in [-0.1, -0.05) is 43.3 Å². The molecule has 0 bridgehead atoms. The van der Waals surface area contributed by atoms with Gasteiger partial charge in [-0.15, -0.1) is 35.3 Å². The first kappa shape index (κ1) is 21.9. The van der Waals surface area contributed by atoms with E-state index < -0.39 is 6.10 Å².